The zero-order valence-corrected chi connectivity index (χ0v) is 16.7. The molecule has 0 bridgehead atoms. The average Bonchev–Trinajstić information content (AvgIpc) is 2.50. The fourth-order valence-corrected chi connectivity index (χ4v) is 2.38. The lowest BCUT2D eigenvalue weighted by atomic mass is 10.0. The molecule has 10 nitrogen and oxygen atoms in total. The summed E-state index contributed by atoms with van der Waals surface area (Å²) in [5.74, 6) is -1.35. The molecule has 0 aromatic heterocycles. The molecule has 4 N–H and O–H groups in total. The molecule has 2 unspecified atom stereocenters. The van der Waals surface area contributed by atoms with Gasteiger partial charge in [-0.1, -0.05) is 29.8 Å². The molecule has 25 heavy (non-hydrogen) atoms. The van der Waals surface area contributed by atoms with E-state index in [2.05, 4.69) is 26.2 Å². The Morgan fingerprint density at radius 3 is 2.40 bits per heavy atom. The summed E-state index contributed by atoms with van der Waals surface area (Å²) in [6.45, 7) is 5.22. The maximum absolute atomic E-state index is 12.1. The number of nitrogens with zero attached hydrogens (tertiary/aromatic N) is 2. The Morgan fingerprint density at radius 1 is 1.44 bits per heavy atom. The second-order valence-electron chi connectivity index (χ2n) is 5.33. The van der Waals surface area contributed by atoms with Crippen LogP contribution in [0.5, 0.6) is 0 Å². The lowest BCUT2D eigenvalue weighted by Crippen LogP contribution is -2.54. The number of hydrogen-bond acceptors (Lipinski definition) is 5. The standard InChI is InChI=1S/C10H15BrN2O2.C3H8NO5P/c1-4-7(3)13-8(14)10(11,5-2)6-12-9(13)15;5-3(6)1-4-2-10(7,8)9/h6-7H,4-5H2,1-3H3;4H,1-2H2,(H,5,6)(H2,7,8,9). The van der Waals surface area contributed by atoms with Gasteiger partial charge in [-0.25, -0.2) is 9.79 Å². The van der Waals surface area contributed by atoms with Gasteiger partial charge in [-0.15, -0.1) is 0 Å². The highest BCUT2D eigenvalue weighted by molar-refractivity contribution is 9.10. The van der Waals surface area contributed by atoms with Crippen molar-refractivity contribution in [3.8, 4) is 0 Å². The number of carboxylic acids is 1. The van der Waals surface area contributed by atoms with Crippen molar-refractivity contribution in [2.45, 2.75) is 44.0 Å². The van der Waals surface area contributed by atoms with Crippen LogP contribution in [0.1, 0.15) is 33.6 Å². The molecular formula is C13H23BrN3O7P. The molecule has 0 aromatic carbocycles. The second-order valence-corrected chi connectivity index (χ2v) is 8.39. The van der Waals surface area contributed by atoms with E-state index in [0.717, 1.165) is 6.42 Å². The maximum Gasteiger partial charge on any atom is 0.350 e. The van der Waals surface area contributed by atoms with Crippen LogP contribution < -0.4 is 5.32 Å². The van der Waals surface area contributed by atoms with E-state index in [-0.39, 0.29) is 11.9 Å². The van der Waals surface area contributed by atoms with E-state index in [1.807, 2.05) is 20.8 Å². The third-order valence-electron chi connectivity index (χ3n) is 3.30. The van der Waals surface area contributed by atoms with Gasteiger partial charge >= 0.3 is 19.6 Å². The molecule has 0 fully saturated rings. The molecule has 1 rings (SSSR count). The number of amides is 3. The van der Waals surface area contributed by atoms with Crippen molar-refractivity contribution in [1.82, 2.24) is 10.2 Å². The first-order chi connectivity index (χ1) is 11.4. The van der Waals surface area contributed by atoms with Gasteiger partial charge in [0, 0.05) is 12.3 Å². The zero-order valence-electron chi connectivity index (χ0n) is 14.2. The van der Waals surface area contributed by atoms with Crippen LogP contribution in [0.3, 0.4) is 0 Å². The van der Waals surface area contributed by atoms with Gasteiger partial charge in [0.15, 0.2) is 0 Å². The van der Waals surface area contributed by atoms with Crippen LogP contribution in [-0.2, 0) is 14.2 Å². The number of carbonyl (C=O) groups is 3. The number of aliphatic carboxylic acids is 1. The lowest BCUT2D eigenvalue weighted by molar-refractivity contribution is -0.136. The van der Waals surface area contributed by atoms with Gasteiger partial charge in [0.2, 0.25) is 0 Å². The number of carbonyl (C=O) groups excluding carboxylic acids is 2. The predicted molar refractivity (Wildman–Crippen MR) is 95.0 cm³/mol. The number of rotatable bonds is 7. The van der Waals surface area contributed by atoms with E-state index in [1.165, 1.54) is 11.1 Å². The highest BCUT2D eigenvalue weighted by Crippen LogP contribution is 2.31. The smallest absolute Gasteiger partial charge is 0.350 e. The Labute approximate surface area is 154 Å². The van der Waals surface area contributed by atoms with Crippen molar-refractivity contribution in [2.24, 2.45) is 4.99 Å². The summed E-state index contributed by atoms with van der Waals surface area (Å²) >= 11 is 3.33. The minimum absolute atomic E-state index is 0.106. The number of nitrogens with one attached hydrogen (secondary N) is 1. The van der Waals surface area contributed by atoms with Crippen LogP contribution in [0.2, 0.25) is 0 Å². The number of imide groups is 1. The van der Waals surface area contributed by atoms with Crippen molar-refractivity contribution >= 4 is 47.6 Å². The number of alkyl halides is 1. The van der Waals surface area contributed by atoms with Gasteiger partial charge < -0.3 is 14.9 Å². The van der Waals surface area contributed by atoms with Gasteiger partial charge in [-0.05, 0) is 19.8 Å². The number of aliphatic imine (C=N–C) groups is 1. The van der Waals surface area contributed by atoms with Gasteiger partial charge in [0.05, 0.1) is 12.8 Å². The topological polar surface area (TPSA) is 157 Å². The average molecular weight is 444 g/mol. The quantitative estimate of drug-likeness (QED) is 0.337. The van der Waals surface area contributed by atoms with Gasteiger partial charge in [0.1, 0.15) is 4.32 Å². The molecular weight excluding hydrogens is 421 g/mol. The van der Waals surface area contributed by atoms with E-state index < -0.39 is 36.8 Å². The third kappa shape index (κ3) is 8.19. The van der Waals surface area contributed by atoms with E-state index in [0.29, 0.717) is 6.42 Å². The lowest BCUT2D eigenvalue weighted by Gasteiger charge is -2.34. The number of carboxylic acid groups (broad SMARTS) is 1. The normalized spacial score (nSPS) is 21.6. The van der Waals surface area contributed by atoms with Crippen molar-refractivity contribution in [2.75, 3.05) is 12.8 Å². The number of urea groups is 1. The minimum atomic E-state index is -4.10. The highest BCUT2D eigenvalue weighted by atomic mass is 79.9. The van der Waals surface area contributed by atoms with E-state index in [1.54, 1.807) is 0 Å². The Hall–Kier alpha value is -1.13. The van der Waals surface area contributed by atoms with E-state index in [9.17, 15) is 18.9 Å². The summed E-state index contributed by atoms with van der Waals surface area (Å²) in [5.41, 5.74) is 0. The molecule has 3 amide bonds. The fraction of sp³-hybridized carbons (Fsp3) is 0.692. The van der Waals surface area contributed by atoms with Crippen molar-refractivity contribution in [3.63, 3.8) is 0 Å². The molecule has 1 heterocycles. The largest absolute Gasteiger partial charge is 0.480 e. The van der Waals surface area contributed by atoms with Gasteiger partial charge in [-0.2, -0.15) is 0 Å². The Kier molecular flexibility index (Phi) is 9.67. The SMILES string of the molecule is CCC(C)N1C(=O)N=CC(Br)(CC)C1=O.O=C(O)CNCP(=O)(O)O. The van der Waals surface area contributed by atoms with Crippen LogP contribution in [0.15, 0.2) is 4.99 Å². The molecule has 0 aliphatic carbocycles. The van der Waals surface area contributed by atoms with Crippen LogP contribution >= 0.6 is 23.5 Å². The molecule has 0 saturated heterocycles. The second kappa shape index (κ2) is 10.1. The summed E-state index contributed by atoms with van der Waals surface area (Å²) in [5, 5.41) is 10.1. The first-order valence-corrected chi connectivity index (χ1v) is 10.1. The van der Waals surface area contributed by atoms with E-state index >= 15 is 0 Å². The van der Waals surface area contributed by atoms with Crippen LogP contribution in [-0.4, -0.2) is 67.1 Å². The Bertz CT molecular complexity index is 580. The molecule has 0 radical (unpaired) electrons. The zero-order chi connectivity index (χ0) is 19.8. The van der Waals surface area contributed by atoms with Crippen molar-refractivity contribution < 1.29 is 33.8 Å². The molecule has 12 heteroatoms. The minimum Gasteiger partial charge on any atom is -0.480 e. The summed E-state index contributed by atoms with van der Waals surface area (Å²) in [6, 6.07) is -0.566. The predicted octanol–water partition coefficient (Wildman–Crippen LogP) is 1.16. The number of hydrogen-bond donors (Lipinski definition) is 4. The molecule has 1 aliphatic heterocycles. The van der Waals surface area contributed by atoms with Crippen LogP contribution in [0, 0.1) is 0 Å². The van der Waals surface area contributed by atoms with E-state index in [4.69, 9.17) is 14.9 Å². The van der Waals surface area contributed by atoms with Crippen molar-refractivity contribution in [3.05, 3.63) is 0 Å². The Morgan fingerprint density at radius 2 is 2.00 bits per heavy atom. The molecule has 0 aromatic rings. The maximum atomic E-state index is 12.1. The summed E-state index contributed by atoms with van der Waals surface area (Å²) in [7, 11) is -4.10. The third-order valence-corrected chi connectivity index (χ3v) is 5.04. The molecule has 2 atom stereocenters. The Balaban J connectivity index is 0.000000504. The molecule has 0 spiro atoms. The summed E-state index contributed by atoms with van der Waals surface area (Å²) in [6.07, 6.45) is 2.12. The summed E-state index contributed by atoms with van der Waals surface area (Å²) in [4.78, 5) is 54.7. The summed E-state index contributed by atoms with van der Waals surface area (Å²) < 4.78 is 9.25. The monoisotopic (exact) mass is 443 g/mol. The van der Waals surface area contributed by atoms with Crippen molar-refractivity contribution in [1.29, 1.82) is 0 Å². The van der Waals surface area contributed by atoms with Crippen LogP contribution in [0.4, 0.5) is 4.79 Å². The van der Waals surface area contributed by atoms with Crippen LogP contribution in [0.25, 0.3) is 0 Å². The molecule has 144 valence electrons. The van der Waals surface area contributed by atoms with Gasteiger partial charge in [0.25, 0.3) is 5.91 Å². The number of halogens is 1. The first kappa shape index (κ1) is 23.9. The molecule has 0 saturated carbocycles. The molecule has 1 aliphatic rings. The highest BCUT2D eigenvalue weighted by Gasteiger charge is 2.43. The fourth-order valence-electron chi connectivity index (χ4n) is 1.68. The van der Waals surface area contributed by atoms with Gasteiger partial charge in [-0.3, -0.25) is 24.4 Å². The first-order valence-electron chi connectivity index (χ1n) is 7.46.